The van der Waals surface area contributed by atoms with Crippen molar-refractivity contribution in [1.82, 2.24) is 0 Å². The van der Waals surface area contributed by atoms with Gasteiger partial charge < -0.3 is 31.4 Å². The van der Waals surface area contributed by atoms with E-state index in [1.54, 1.807) is 0 Å². The minimum Gasteiger partial charge on any atom is -0.873 e. The Bertz CT molecular complexity index is 315. The Morgan fingerprint density at radius 1 is 1.07 bits per heavy atom. The van der Waals surface area contributed by atoms with E-state index in [0.717, 1.165) is 0 Å². The summed E-state index contributed by atoms with van der Waals surface area (Å²) in [6.07, 6.45) is 0. The van der Waals surface area contributed by atoms with Crippen molar-refractivity contribution in [2.24, 2.45) is 0 Å². The van der Waals surface area contributed by atoms with Gasteiger partial charge in [-0.2, -0.15) is 0 Å². The van der Waals surface area contributed by atoms with E-state index in [4.69, 9.17) is 5.11 Å². The first kappa shape index (κ1) is 19.5. The van der Waals surface area contributed by atoms with Crippen molar-refractivity contribution in [2.45, 2.75) is 0 Å². The molecule has 15 heavy (non-hydrogen) atoms. The molecule has 0 aliphatic carbocycles. The van der Waals surface area contributed by atoms with Crippen LogP contribution in [0.4, 0.5) is 0 Å². The van der Waals surface area contributed by atoms with Crippen molar-refractivity contribution in [3.63, 3.8) is 0 Å². The molecule has 2 radical (unpaired) electrons. The van der Waals surface area contributed by atoms with Crippen LogP contribution in [0.25, 0.3) is 0 Å². The average Bonchev–Trinajstić information content (AvgIpc) is 1.99. The normalized spacial score (nSPS) is 7.73. The van der Waals surface area contributed by atoms with Crippen LogP contribution in [-0.4, -0.2) is 48.2 Å². The van der Waals surface area contributed by atoms with Crippen LogP contribution in [0.5, 0.6) is 17.2 Å². The molecular formula is C7H7BiO7. The van der Waals surface area contributed by atoms with Crippen LogP contribution in [0.1, 0.15) is 10.4 Å². The quantitative estimate of drug-likeness (QED) is 0.473. The molecule has 1 aromatic carbocycles. The summed E-state index contributed by atoms with van der Waals surface area (Å²) in [5.41, 5.74) is -0.454. The predicted molar refractivity (Wildman–Crippen MR) is 44.7 cm³/mol. The van der Waals surface area contributed by atoms with Crippen LogP contribution < -0.4 is 15.3 Å². The molecule has 0 saturated carbocycles. The Balaban J connectivity index is -0.000000480. The SMILES string of the molecule is O.O.O=C(O)c1cc([O-])c([O-])c([O-])c1.[Bi+3]. The van der Waals surface area contributed by atoms with Crippen LogP contribution in [0, 0.1) is 0 Å². The third-order valence-electron chi connectivity index (χ3n) is 1.27. The predicted octanol–water partition coefficient (Wildman–Crippen LogP) is -3.42. The Hall–Kier alpha value is -1.11. The molecule has 0 aliphatic heterocycles. The Kier molecular flexibility index (Phi) is 9.37. The maximum absolute atomic E-state index is 10.6. The van der Waals surface area contributed by atoms with E-state index in [9.17, 15) is 20.1 Å². The molecule has 0 heterocycles. The maximum Gasteiger partial charge on any atom is 3.00 e. The van der Waals surface area contributed by atoms with Gasteiger partial charge in [-0.1, -0.05) is 12.1 Å². The summed E-state index contributed by atoms with van der Waals surface area (Å²) < 4.78 is 0. The van der Waals surface area contributed by atoms with Gasteiger partial charge in [0.1, 0.15) is 0 Å². The fraction of sp³-hybridized carbons (Fsp3) is 0. The van der Waals surface area contributed by atoms with Crippen molar-refractivity contribution in [2.75, 3.05) is 0 Å². The van der Waals surface area contributed by atoms with Crippen LogP contribution >= 0.6 is 0 Å². The summed E-state index contributed by atoms with van der Waals surface area (Å²) in [7, 11) is 0. The van der Waals surface area contributed by atoms with Crippen LogP contribution in [0.2, 0.25) is 0 Å². The molecule has 0 fully saturated rings. The monoisotopic (exact) mass is 412 g/mol. The number of hydrogen-bond acceptors (Lipinski definition) is 4. The molecule has 82 valence electrons. The topological polar surface area (TPSA) is 169 Å². The van der Waals surface area contributed by atoms with Crippen molar-refractivity contribution < 1.29 is 36.2 Å². The molecular weight excluding hydrogens is 405 g/mol. The van der Waals surface area contributed by atoms with Crippen molar-refractivity contribution in [3.05, 3.63) is 17.7 Å². The molecule has 7 nitrogen and oxygen atoms in total. The molecule has 0 aliphatic rings. The first-order valence-electron chi connectivity index (χ1n) is 2.94. The smallest absolute Gasteiger partial charge is 0.873 e. The number of carboxylic acids is 1. The maximum atomic E-state index is 10.6. The van der Waals surface area contributed by atoms with E-state index in [-0.39, 0.29) is 37.2 Å². The summed E-state index contributed by atoms with van der Waals surface area (Å²) in [4.78, 5) is 10.2. The van der Waals surface area contributed by atoms with E-state index in [0.29, 0.717) is 12.1 Å². The van der Waals surface area contributed by atoms with Gasteiger partial charge >= 0.3 is 32.2 Å². The fourth-order valence-electron chi connectivity index (χ4n) is 0.700. The van der Waals surface area contributed by atoms with E-state index >= 15 is 0 Å². The van der Waals surface area contributed by atoms with Gasteiger partial charge in [0.25, 0.3) is 0 Å². The van der Waals surface area contributed by atoms with E-state index in [2.05, 4.69) is 0 Å². The van der Waals surface area contributed by atoms with Crippen molar-refractivity contribution in [3.8, 4) is 17.2 Å². The molecule has 0 bridgehead atoms. The Morgan fingerprint density at radius 3 is 1.67 bits per heavy atom. The van der Waals surface area contributed by atoms with E-state index in [1.807, 2.05) is 0 Å². The van der Waals surface area contributed by atoms with Gasteiger partial charge in [0, 0.05) is 0 Å². The molecule has 0 atom stereocenters. The summed E-state index contributed by atoms with van der Waals surface area (Å²) in [6.45, 7) is 0. The number of aromatic carboxylic acids is 1. The van der Waals surface area contributed by atoms with Gasteiger partial charge in [-0.15, -0.1) is 17.2 Å². The van der Waals surface area contributed by atoms with Gasteiger partial charge in [-0.3, -0.25) is 0 Å². The number of benzene rings is 1. The third kappa shape index (κ3) is 4.29. The van der Waals surface area contributed by atoms with E-state index in [1.165, 1.54) is 0 Å². The third-order valence-corrected chi connectivity index (χ3v) is 1.27. The van der Waals surface area contributed by atoms with E-state index < -0.39 is 28.8 Å². The molecule has 8 heteroatoms. The molecule has 0 saturated heterocycles. The van der Waals surface area contributed by atoms with Gasteiger partial charge in [-0.05, 0) is 0 Å². The van der Waals surface area contributed by atoms with Crippen LogP contribution in [-0.2, 0) is 0 Å². The minimum atomic E-state index is -1.40. The summed E-state index contributed by atoms with van der Waals surface area (Å²) in [6, 6.07) is 1.26. The second-order valence-corrected chi connectivity index (χ2v) is 2.11. The van der Waals surface area contributed by atoms with Crippen molar-refractivity contribution >= 4 is 32.2 Å². The molecule has 5 N–H and O–H groups in total. The molecule has 0 unspecified atom stereocenters. The van der Waals surface area contributed by atoms with Gasteiger partial charge in [0.05, 0.1) is 5.56 Å². The summed E-state index contributed by atoms with van der Waals surface area (Å²) in [5.74, 6) is -4.76. The largest absolute Gasteiger partial charge is 3.00 e. The van der Waals surface area contributed by atoms with Crippen LogP contribution in [0.3, 0.4) is 0 Å². The molecule has 0 aromatic heterocycles. The minimum absolute atomic E-state index is 0. The molecule has 0 amide bonds. The second-order valence-electron chi connectivity index (χ2n) is 2.11. The first-order chi connectivity index (χ1) is 5.52. The standard InChI is InChI=1S/C7H6O5.Bi.2H2O/c8-4-1-3(7(11)12)2-5(9)6(4)10;;;/h1-2,8-10H,(H,11,12);;2*1H2/q;+3;;/p-3. The zero-order valence-electron chi connectivity index (χ0n) is 7.18. The summed E-state index contributed by atoms with van der Waals surface area (Å²) >= 11 is 0. The zero-order valence-corrected chi connectivity index (χ0v) is 10.7. The average molecular weight is 412 g/mol. The Morgan fingerprint density at radius 2 is 1.40 bits per heavy atom. The van der Waals surface area contributed by atoms with Gasteiger partial charge in [-0.25, -0.2) is 4.79 Å². The Labute approximate surface area is 103 Å². The number of carbonyl (C=O) groups is 1. The van der Waals surface area contributed by atoms with Gasteiger partial charge in [0.2, 0.25) is 0 Å². The first-order valence-corrected chi connectivity index (χ1v) is 2.94. The fourth-order valence-corrected chi connectivity index (χ4v) is 0.700. The van der Waals surface area contributed by atoms with Crippen LogP contribution in [0.15, 0.2) is 12.1 Å². The summed E-state index contributed by atoms with van der Waals surface area (Å²) in [5, 5.41) is 40.0. The van der Waals surface area contributed by atoms with Gasteiger partial charge in [0.15, 0.2) is 0 Å². The van der Waals surface area contributed by atoms with Crippen molar-refractivity contribution in [1.29, 1.82) is 0 Å². The number of hydrogen-bond donors (Lipinski definition) is 1. The zero-order chi connectivity index (χ0) is 9.30. The second kappa shape index (κ2) is 7.22. The molecule has 1 rings (SSSR count). The molecule has 0 spiro atoms. The number of rotatable bonds is 1. The number of carboxylic acid groups (broad SMARTS) is 1. The molecule has 1 aromatic rings.